The third kappa shape index (κ3) is 3.33. The summed E-state index contributed by atoms with van der Waals surface area (Å²) in [4.78, 5) is 13.4. The zero-order chi connectivity index (χ0) is 19.5. The highest BCUT2D eigenvalue weighted by Crippen LogP contribution is 2.26. The molecule has 0 saturated heterocycles. The number of benzene rings is 3. The second kappa shape index (κ2) is 7.33. The highest BCUT2D eigenvalue weighted by molar-refractivity contribution is 5.67. The van der Waals surface area contributed by atoms with Crippen molar-refractivity contribution < 1.29 is 8.78 Å². The standard InChI is InChI=1S/C22H12F2N4/c23-18-12-16(11-17(13-25)19(18)24)22-27-20(14-7-3-1-4-8-14)26-21(28-22)15-9-5-2-6-10-15/h1-12H. The van der Waals surface area contributed by atoms with Crippen molar-refractivity contribution in [3.05, 3.63) is 90.0 Å². The second-order valence-corrected chi connectivity index (χ2v) is 5.97. The van der Waals surface area contributed by atoms with Crippen molar-refractivity contribution in [2.24, 2.45) is 0 Å². The molecule has 0 bridgehead atoms. The number of halogens is 2. The van der Waals surface area contributed by atoms with Crippen LogP contribution in [-0.4, -0.2) is 15.0 Å². The van der Waals surface area contributed by atoms with E-state index in [0.29, 0.717) is 11.6 Å². The normalized spacial score (nSPS) is 10.5. The van der Waals surface area contributed by atoms with Crippen molar-refractivity contribution in [2.75, 3.05) is 0 Å². The monoisotopic (exact) mass is 370 g/mol. The molecular weight excluding hydrogens is 358 g/mol. The van der Waals surface area contributed by atoms with Gasteiger partial charge in [0, 0.05) is 16.7 Å². The van der Waals surface area contributed by atoms with Gasteiger partial charge < -0.3 is 0 Å². The molecule has 4 aromatic rings. The van der Waals surface area contributed by atoms with Crippen LogP contribution < -0.4 is 0 Å². The van der Waals surface area contributed by atoms with Crippen molar-refractivity contribution in [2.45, 2.75) is 0 Å². The van der Waals surface area contributed by atoms with Crippen LogP contribution in [0.25, 0.3) is 34.2 Å². The average molecular weight is 370 g/mol. The van der Waals surface area contributed by atoms with Crippen LogP contribution in [0.15, 0.2) is 72.8 Å². The Kier molecular flexibility index (Phi) is 4.56. The second-order valence-electron chi connectivity index (χ2n) is 5.97. The van der Waals surface area contributed by atoms with E-state index in [0.717, 1.165) is 17.2 Å². The van der Waals surface area contributed by atoms with Crippen molar-refractivity contribution in [3.63, 3.8) is 0 Å². The Bertz CT molecular complexity index is 1130. The van der Waals surface area contributed by atoms with E-state index in [1.54, 1.807) is 6.07 Å². The Balaban J connectivity index is 1.95. The Hall–Kier alpha value is -3.98. The summed E-state index contributed by atoms with van der Waals surface area (Å²) >= 11 is 0. The number of nitriles is 1. The smallest absolute Gasteiger partial charge is 0.176 e. The van der Waals surface area contributed by atoms with Gasteiger partial charge in [-0.15, -0.1) is 0 Å². The third-order valence-electron chi connectivity index (χ3n) is 4.11. The molecule has 28 heavy (non-hydrogen) atoms. The van der Waals surface area contributed by atoms with Crippen molar-refractivity contribution in [3.8, 4) is 40.2 Å². The van der Waals surface area contributed by atoms with E-state index < -0.39 is 17.2 Å². The van der Waals surface area contributed by atoms with Crippen LogP contribution in [0.4, 0.5) is 8.78 Å². The minimum Gasteiger partial charge on any atom is -0.208 e. The lowest BCUT2D eigenvalue weighted by molar-refractivity contribution is 0.506. The van der Waals surface area contributed by atoms with Gasteiger partial charge in [-0.25, -0.2) is 23.7 Å². The molecule has 4 rings (SSSR count). The predicted octanol–water partition coefficient (Wildman–Crippen LogP) is 5.02. The lowest BCUT2D eigenvalue weighted by Crippen LogP contribution is -2.01. The molecule has 0 radical (unpaired) electrons. The summed E-state index contributed by atoms with van der Waals surface area (Å²) in [6.45, 7) is 0. The molecule has 0 fully saturated rings. The summed E-state index contributed by atoms with van der Waals surface area (Å²) in [5.41, 5.74) is 1.31. The maximum Gasteiger partial charge on any atom is 0.176 e. The first kappa shape index (κ1) is 17.4. The van der Waals surface area contributed by atoms with E-state index in [1.165, 1.54) is 6.07 Å². The van der Waals surface area contributed by atoms with Crippen LogP contribution in [0.5, 0.6) is 0 Å². The van der Waals surface area contributed by atoms with Gasteiger partial charge >= 0.3 is 0 Å². The van der Waals surface area contributed by atoms with Crippen molar-refractivity contribution >= 4 is 0 Å². The van der Waals surface area contributed by atoms with E-state index >= 15 is 0 Å². The molecule has 3 aromatic carbocycles. The Morgan fingerprint density at radius 3 is 1.57 bits per heavy atom. The fraction of sp³-hybridized carbons (Fsp3) is 0. The number of hydrogen-bond acceptors (Lipinski definition) is 4. The quantitative estimate of drug-likeness (QED) is 0.508. The summed E-state index contributed by atoms with van der Waals surface area (Å²) in [5.74, 6) is -1.37. The van der Waals surface area contributed by atoms with E-state index in [9.17, 15) is 8.78 Å². The van der Waals surface area contributed by atoms with Crippen LogP contribution in [0.1, 0.15) is 5.56 Å². The van der Waals surface area contributed by atoms with Crippen molar-refractivity contribution in [1.82, 2.24) is 15.0 Å². The zero-order valence-corrected chi connectivity index (χ0v) is 14.5. The zero-order valence-electron chi connectivity index (χ0n) is 14.5. The van der Waals surface area contributed by atoms with Gasteiger partial charge in [-0.2, -0.15) is 5.26 Å². The molecule has 1 aromatic heterocycles. The third-order valence-corrected chi connectivity index (χ3v) is 4.11. The van der Waals surface area contributed by atoms with E-state index in [4.69, 9.17) is 5.26 Å². The lowest BCUT2D eigenvalue weighted by Gasteiger charge is -2.09. The van der Waals surface area contributed by atoms with Gasteiger partial charge in [-0.3, -0.25) is 0 Å². The largest absolute Gasteiger partial charge is 0.208 e. The fourth-order valence-electron chi connectivity index (χ4n) is 2.74. The topological polar surface area (TPSA) is 62.5 Å². The molecule has 4 nitrogen and oxygen atoms in total. The number of rotatable bonds is 3. The average Bonchev–Trinajstić information content (AvgIpc) is 2.76. The van der Waals surface area contributed by atoms with Gasteiger partial charge in [0.1, 0.15) is 6.07 Å². The fourth-order valence-corrected chi connectivity index (χ4v) is 2.74. The predicted molar refractivity (Wildman–Crippen MR) is 101 cm³/mol. The Morgan fingerprint density at radius 1 is 0.643 bits per heavy atom. The van der Waals surface area contributed by atoms with E-state index in [-0.39, 0.29) is 11.4 Å². The van der Waals surface area contributed by atoms with Crippen LogP contribution in [0, 0.1) is 23.0 Å². The Morgan fingerprint density at radius 2 is 1.11 bits per heavy atom. The molecule has 6 heteroatoms. The lowest BCUT2D eigenvalue weighted by atomic mass is 10.1. The van der Waals surface area contributed by atoms with Crippen molar-refractivity contribution in [1.29, 1.82) is 5.26 Å². The van der Waals surface area contributed by atoms with Crippen LogP contribution in [0.3, 0.4) is 0 Å². The first-order valence-corrected chi connectivity index (χ1v) is 8.42. The molecule has 0 amide bonds. The molecule has 0 aliphatic heterocycles. The molecule has 0 spiro atoms. The van der Waals surface area contributed by atoms with Gasteiger partial charge in [-0.1, -0.05) is 60.7 Å². The first-order chi connectivity index (χ1) is 13.7. The van der Waals surface area contributed by atoms with E-state index in [1.807, 2.05) is 60.7 Å². The molecule has 0 N–H and O–H groups in total. The molecule has 0 saturated carbocycles. The first-order valence-electron chi connectivity index (χ1n) is 8.42. The highest BCUT2D eigenvalue weighted by atomic mass is 19.2. The summed E-state index contributed by atoms with van der Waals surface area (Å²) in [6, 6.07) is 22.4. The summed E-state index contributed by atoms with van der Waals surface area (Å²) < 4.78 is 27.7. The minimum absolute atomic E-state index is 0.156. The highest BCUT2D eigenvalue weighted by Gasteiger charge is 2.16. The van der Waals surface area contributed by atoms with Crippen LogP contribution >= 0.6 is 0 Å². The maximum absolute atomic E-state index is 14.0. The Labute approximate surface area is 159 Å². The molecule has 0 aliphatic rings. The SMILES string of the molecule is N#Cc1cc(-c2nc(-c3ccccc3)nc(-c3ccccc3)n2)cc(F)c1F. The summed E-state index contributed by atoms with van der Waals surface area (Å²) in [7, 11) is 0. The molecular formula is C22H12F2N4. The number of nitrogens with zero attached hydrogens (tertiary/aromatic N) is 4. The van der Waals surface area contributed by atoms with E-state index in [2.05, 4.69) is 15.0 Å². The van der Waals surface area contributed by atoms with Gasteiger partial charge in [0.2, 0.25) is 0 Å². The van der Waals surface area contributed by atoms with Gasteiger partial charge in [0.25, 0.3) is 0 Å². The molecule has 0 atom stereocenters. The molecule has 0 unspecified atom stereocenters. The molecule has 0 aliphatic carbocycles. The van der Waals surface area contributed by atoms with Gasteiger partial charge in [0.15, 0.2) is 29.1 Å². The van der Waals surface area contributed by atoms with Crippen LogP contribution in [0.2, 0.25) is 0 Å². The van der Waals surface area contributed by atoms with Crippen LogP contribution in [-0.2, 0) is 0 Å². The number of hydrogen-bond donors (Lipinski definition) is 0. The minimum atomic E-state index is -1.19. The summed E-state index contributed by atoms with van der Waals surface area (Å²) in [5, 5.41) is 9.07. The molecule has 134 valence electrons. The summed E-state index contributed by atoms with van der Waals surface area (Å²) in [6.07, 6.45) is 0. The van der Waals surface area contributed by atoms with Gasteiger partial charge in [-0.05, 0) is 12.1 Å². The number of aromatic nitrogens is 3. The maximum atomic E-state index is 14.0. The van der Waals surface area contributed by atoms with Gasteiger partial charge in [0.05, 0.1) is 5.56 Å². The molecule has 1 heterocycles.